The van der Waals surface area contributed by atoms with E-state index < -0.39 is 22.2 Å². The number of allylic oxidation sites excluding steroid dienone is 1. The van der Waals surface area contributed by atoms with Crippen LogP contribution < -0.4 is 0 Å². The molecule has 0 aromatic heterocycles. The molecule has 28 heavy (non-hydrogen) atoms. The fourth-order valence-corrected chi connectivity index (χ4v) is 8.02. The Balaban J connectivity index is 1.91. The number of carboxylic acids is 1. The molecule has 4 aliphatic rings. The van der Waals surface area contributed by atoms with Gasteiger partial charge in [0.05, 0.1) is 18.1 Å². The average Bonchev–Trinajstić information content (AvgIpc) is 3.18. The molecule has 0 heterocycles. The molecule has 0 radical (unpaired) electrons. The zero-order chi connectivity index (χ0) is 20.5. The van der Waals surface area contributed by atoms with Gasteiger partial charge in [0.15, 0.2) is 0 Å². The lowest BCUT2D eigenvalue weighted by Gasteiger charge is -2.57. The van der Waals surface area contributed by atoms with E-state index in [0.717, 1.165) is 24.8 Å². The monoisotopic (exact) mass is 385 g/mol. The highest BCUT2D eigenvalue weighted by Gasteiger charge is 2.84. The number of carboxylic acid groups (broad SMARTS) is 1. The molecule has 0 saturated heterocycles. The minimum Gasteiger partial charge on any atom is -0.481 e. The molecule has 0 aromatic rings. The second-order valence-electron chi connectivity index (χ2n) is 10.8. The Hall–Kier alpha value is -1.34. The zero-order valence-corrected chi connectivity index (χ0v) is 18.0. The number of hydrogen-bond donors (Lipinski definition) is 1. The first-order chi connectivity index (χ1) is 13.2. The van der Waals surface area contributed by atoms with E-state index in [4.69, 9.17) is 4.74 Å². The summed E-state index contributed by atoms with van der Waals surface area (Å²) in [6, 6.07) is 2.69. The molecule has 3 saturated carbocycles. The third-order valence-electron chi connectivity index (χ3n) is 8.85. The first-order valence-electron chi connectivity index (χ1n) is 11.1. The van der Waals surface area contributed by atoms with Crippen LogP contribution in [0.2, 0.25) is 0 Å². The van der Waals surface area contributed by atoms with Crippen molar-refractivity contribution in [1.29, 1.82) is 5.26 Å². The summed E-state index contributed by atoms with van der Waals surface area (Å²) < 4.78 is 6.21. The smallest absolute Gasteiger partial charge is 0.316 e. The number of nitrogens with zero attached hydrogens (tertiary/aromatic N) is 1. The molecule has 5 unspecified atom stereocenters. The van der Waals surface area contributed by atoms with E-state index in [2.05, 4.69) is 46.8 Å². The van der Waals surface area contributed by atoms with Gasteiger partial charge in [0.25, 0.3) is 0 Å². The fourth-order valence-electron chi connectivity index (χ4n) is 8.02. The van der Waals surface area contributed by atoms with Gasteiger partial charge in [-0.25, -0.2) is 0 Å². The Morgan fingerprint density at radius 1 is 1.32 bits per heavy atom. The SMILES string of the molecule is CC(C)COC[C@]12CC3C(C)CCC3[C@@]3(C#N)CC1C=C(C(C)C)C23C(=O)O. The van der Waals surface area contributed by atoms with Gasteiger partial charge in [-0.05, 0) is 54.8 Å². The van der Waals surface area contributed by atoms with Crippen molar-refractivity contribution in [3.05, 3.63) is 11.6 Å². The maximum Gasteiger partial charge on any atom is 0.316 e. The van der Waals surface area contributed by atoms with E-state index >= 15 is 0 Å². The van der Waals surface area contributed by atoms with Gasteiger partial charge >= 0.3 is 5.97 Å². The molecule has 0 aliphatic heterocycles. The number of rotatable bonds is 6. The van der Waals surface area contributed by atoms with Gasteiger partial charge < -0.3 is 9.84 Å². The van der Waals surface area contributed by atoms with E-state index in [1.807, 2.05) is 0 Å². The Bertz CT molecular complexity index is 749. The number of carbonyl (C=O) groups is 1. The summed E-state index contributed by atoms with van der Waals surface area (Å²) in [6.07, 6.45) is 5.95. The van der Waals surface area contributed by atoms with Crippen LogP contribution in [-0.4, -0.2) is 24.3 Å². The Kier molecular flexibility index (Phi) is 4.51. The van der Waals surface area contributed by atoms with Gasteiger partial charge in [0.2, 0.25) is 0 Å². The largest absolute Gasteiger partial charge is 0.481 e. The zero-order valence-electron chi connectivity index (χ0n) is 18.0. The third kappa shape index (κ3) is 2.07. The van der Waals surface area contributed by atoms with Crippen molar-refractivity contribution < 1.29 is 14.6 Å². The topological polar surface area (TPSA) is 70.3 Å². The lowest BCUT2D eigenvalue weighted by Crippen LogP contribution is -2.62. The summed E-state index contributed by atoms with van der Waals surface area (Å²) in [4.78, 5) is 13.2. The van der Waals surface area contributed by atoms with Gasteiger partial charge in [-0.1, -0.05) is 52.7 Å². The average molecular weight is 386 g/mol. The number of fused-ring (bicyclic) bond motifs is 2. The number of aliphatic carboxylic acids is 1. The van der Waals surface area contributed by atoms with Crippen molar-refractivity contribution in [3.8, 4) is 6.07 Å². The molecule has 4 heteroatoms. The summed E-state index contributed by atoms with van der Waals surface area (Å²) in [5, 5.41) is 21.4. The molecular formula is C24H35NO3. The second kappa shape index (κ2) is 6.33. The molecule has 0 aromatic carbocycles. The minimum absolute atomic E-state index is 0.133. The third-order valence-corrected chi connectivity index (χ3v) is 8.85. The van der Waals surface area contributed by atoms with E-state index in [9.17, 15) is 15.2 Å². The van der Waals surface area contributed by atoms with Gasteiger partial charge in [-0.2, -0.15) is 5.26 Å². The van der Waals surface area contributed by atoms with Crippen LogP contribution in [0.3, 0.4) is 0 Å². The fraction of sp³-hybridized carbons (Fsp3) is 0.833. The number of ether oxygens (including phenoxy) is 1. The van der Waals surface area contributed by atoms with Crippen LogP contribution in [0.4, 0.5) is 0 Å². The summed E-state index contributed by atoms with van der Waals surface area (Å²) in [5.41, 5.74) is -1.34. The van der Waals surface area contributed by atoms with Crippen LogP contribution in [0.25, 0.3) is 0 Å². The molecule has 1 N–H and O–H groups in total. The standard InChI is InChI=1S/C24H35NO3/c1-14(2)11-28-13-23-10-18-16(5)6-7-19(18)22(12-25)9-17(23)8-20(15(3)4)24(22,23)21(26)27/h8,14-19H,6-7,9-11,13H2,1-5H3,(H,26,27)/t16?,17?,18?,19?,22-,23+,24?/m0/s1. The molecular weight excluding hydrogens is 350 g/mol. The molecule has 4 bridgehead atoms. The van der Waals surface area contributed by atoms with Crippen molar-refractivity contribution >= 4 is 5.97 Å². The highest BCUT2D eigenvalue weighted by Crippen LogP contribution is 2.83. The van der Waals surface area contributed by atoms with Crippen LogP contribution in [0.1, 0.15) is 60.3 Å². The van der Waals surface area contributed by atoms with Gasteiger partial charge in [-0.15, -0.1) is 0 Å². The number of nitriles is 1. The van der Waals surface area contributed by atoms with Crippen molar-refractivity contribution in [2.45, 2.75) is 60.3 Å². The molecule has 154 valence electrons. The van der Waals surface area contributed by atoms with Crippen molar-refractivity contribution in [1.82, 2.24) is 0 Å². The highest BCUT2D eigenvalue weighted by molar-refractivity contribution is 5.85. The van der Waals surface area contributed by atoms with Crippen LogP contribution in [-0.2, 0) is 9.53 Å². The maximum atomic E-state index is 13.2. The quantitative estimate of drug-likeness (QED) is 0.660. The van der Waals surface area contributed by atoms with Gasteiger partial charge in [0.1, 0.15) is 5.41 Å². The minimum atomic E-state index is -1.09. The predicted molar refractivity (Wildman–Crippen MR) is 107 cm³/mol. The first kappa shape index (κ1) is 20.0. The predicted octanol–water partition coefficient (Wildman–Crippen LogP) is 4.91. The van der Waals surface area contributed by atoms with E-state index in [1.165, 1.54) is 0 Å². The van der Waals surface area contributed by atoms with Gasteiger partial charge in [-0.3, -0.25) is 4.79 Å². The molecule has 4 aliphatic carbocycles. The Morgan fingerprint density at radius 2 is 2.04 bits per heavy atom. The normalized spacial score (nSPS) is 46.0. The molecule has 4 nitrogen and oxygen atoms in total. The summed E-state index contributed by atoms with van der Waals surface area (Å²) >= 11 is 0. The van der Waals surface area contributed by atoms with Crippen molar-refractivity contribution in [2.24, 2.45) is 51.8 Å². The summed E-state index contributed by atoms with van der Waals surface area (Å²) in [7, 11) is 0. The molecule has 4 rings (SSSR count). The summed E-state index contributed by atoms with van der Waals surface area (Å²) in [6.45, 7) is 11.8. The van der Waals surface area contributed by atoms with E-state index in [-0.39, 0.29) is 17.8 Å². The van der Waals surface area contributed by atoms with Crippen molar-refractivity contribution in [2.75, 3.05) is 13.2 Å². The van der Waals surface area contributed by atoms with Crippen LogP contribution in [0.15, 0.2) is 11.6 Å². The Morgan fingerprint density at radius 3 is 2.61 bits per heavy atom. The summed E-state index contributed by atoms with van der Waals surface area (Å²) in [5.74, 6) is 1.12. The van der Waals surface area contributed by atoms with E-state index in [1.54, 1.807) is 0 Å². The molecule has 7 atom stereocenters. The lowest BCUT2D eigenvalue weighted by atomic mass is 9.43. The second-order valence-corrected chi connectivity index (χ2v) is 10.8. The molecule has 3 fully saturated rings. The Labute approximate surface area is 169 Å². The lowest BCUT2D eigenvalue weighted by molar-refractivity contribution is -0.179. The maximum absolute atomic E-state index is 13.2. The molecule has 0 amide bonds. The van der Waals surface area contributed by atoms with Crippen molar-refractivity contribution in [3.63, 3.8) is 0 Å². The van der Waals surface area contributed by atoms with Gasteiger partial charge in [0, 0.05) is 12.0 Å². The van der Waals surface area contributed by atoms with E-state index in [0.29, 0.717) is 37.4 Å². The van der Waals surface area contributed by atoms with Crippen LogP contribution in [0, 0.1) is 63.1 Å². The first-order valence-corrected chi connectivity index (χ1v) is 11.1. The van der Waals surface area contributed by atoms with Crippen LogP contribution in [0.5, 0.6) is 0 Å². The molecule has 0 spiro atoms. The van der Waals surface area contributed by atoms with Crippen LogP contribution >= 0.6 is 0 Å². The number of hydrogen-bond acceptors (Lipinski definition) is 3. The highest BCUT2D eigenvalue weighted by atomic mass is 16.5.